The normalized spacial score (nSPS) is 21.2. The van der Waals surface area contributed by atoms with E-state index in [1.54, 1.807) is 6.92 Å². The molecule has 2 saturated heterocycles. The molecule has 132 valence electrons. The molecule has 0 N–H and O–H groups in total. The second-order valence-corrected chi connectivity index (χ2v) is 7.96. The first-order chi connectivity index (χ1) is 11.4. The van der Waals surface area contributed by atoms with Crippen LogP contribution in [0.4, 0.5) is 5.69 Å². The second kappa shape index (κ2) is 6.75. The van der Waals surface area contributed by atoms with Crippen LogP contribution in [0.15, 0.2) is 23.1 Å². The third kappa shape index (κ3) is 3.30. The summed E-state index contributed by atoms with van der Waals surface area (Å²) in [4.78, 5) is 10.4. The molecular weight excluding hydrogens is 336 g/mol. The van der Waals surface area contributed by atoms with Gasteiger partial charge in [-0.1, -0.05) is 0 Å². The lowest BCUT2D eigenvalue weighted by molar-refractivity contribution is -0.385. The van der Waals surface area contributed by atoms with E-state index >= 15 is 0 Å². The smallest absolute Gasteiger partial charge is 0.269 e. The molecule has 0 unspecified atom stereocenters. The number of hydrogen-bond donors (Lipinski definition) is 0. The highest BCUT2D eigenvalue weighted by Gasteiger charge is 2.35. The van der Waals surface area contributed by atoms with E-state index in [2.05, 4.69) is 0 Å². The molecule has 0 aromatic heterocycles. The van der Waals surface area contributed by atoms with Crippen LogP contribution in [0.25, 0.3) is 0 Å². The summed E-state index contributed by atoms with van der Waals surface area (Å²) in [7, 11) is -3.65. The molecular formula is C15H20N2O6S. The summed E-state index contributed by atoms with van der Waals surface area (Å²) in [5, 5.41) is 10.8. The lowest BCUT2D eigenvalue weighted by Gasteiger charge is -2.33. The van der Waals surface area contributed by atoms with Crippen LogP contribution in [0.3, 0.4) is 0 Å². The minimum Gasteiger partial charge on any atom is -0.350 e. The van der Waals surface area contributed by atoms with Crippen LogP contribution in [0.1, 0.15) is 18.4 Å². The molecule has 1 aromatic rings. The molecule has 0 amide bonds. The Kier molecular flexibility index (Phi) is 4.86. The average Bonchev–Trinajstić information content (AvgIpc) is 3.09. The minimum absolute atomic E-state index is 0.110. The van der Waals surface area contributed by atoms with Crippen molar-refractivity contribution in [3.8, 4) is 0 Å². The number of rotatable bonds is 4. The first-order valence-corrected chi connectivity index (χ1v) is 9.32. The maximum Gasteiger partial charge on any atom is 0.269 e. The van der Waals surface area contributed by atoms with Crippen molar-refractivity contribution in [2.75, 3.05) is 26.3 Å². The molecule has 2 fully saturated rings. The SMILES string of the molecule is Cc1cc([N+](=O)[O-])ccc1S(=O)(=O)N1CCC(C2OCCO2)CC1. The quantitative estimate of drug-likeness (QED) is 0.601. The molecule has 2 heterocycles. The molecule has 0 saturated carbocycles. The van der Waals surface area contributed by atoms with Crippen LogP contribution in [-0.2, 0) is 19.5 Å². The van der Waals surface area contributed by atoms with Gasteiger partial charge in [-0.25, -0.2) is 8.42 Å². The van der Waals surface area contributed by atoms with Crippen LogP contribution >= 0.6 is 0 Å². The summed E-state index contributed by atoms with van der Waals surface area (Å²) in [5.41, 5.74) is 0.273. The number of nitro groups is 1. The van der Waals surface area contributed by atoms with Gasteiger partial charge in [0, 0.05) is 31.1 Å². The van der Waals surface area contributed by atoms with Crippen LogP contribution in [0.2, 0.25) is 0 Å². The Bertz CT molecular complexity index is 721. The Balaban J connectivity index is 1.73. The molecule has 0 spiro atoms. The molecule has 0 atom stereocenters. The van der Waals surface area contributed by atoms with E-state index in [0.29, 0.717) is 44.7 Å². The van der Waals surface area contributed by atoms with Crippen molar-refractivity contribution in [3.63, 3.8) is 0 Å². The summed E-state index contributed by atoms with van der Waals surface area (Å²) in [6.45, 7) is 3.54. The fourth-order valence-corrected chi connectivity index (χ4v) is 4.89. The van der Waals surface area contributed by atoms with Gasteiger partial charge in [0.25, 0.3) is 5.69 Å². The molecule has 9 heteroatoms. The Hall–Kier alpha value is -1.55. The molecule has 0 radical (unpaired) electrons. The summed E-state index contributed by atoms with van der Waals surface area (Å²) in [6, 6.07) is 3.84. The highest BCUT2D eigenvalue weighted by molar-refractivity contribution is 7.89. The van der Waals surface area contributed by atoms with Crippen molar-refractivity contribution in [1.29, 1.82) is 0 Å². The third-order valence-corrected chi connectivity index (χ3v) is 6.58. The zero-order valence-corrected chi connectivity index (χ0v) is 14.2. The highest BCUT2D eigenvalue weighted by Crippen LogP contribution is 2.30. The first-order valence-electron chi connectivity index (χ1n) is 7.88. The molecule has 24 heavy (non-hydrogen) atoms. The van der Waals surface area contributed by atoms with Gasteiger partial charge in [0.2, 0.25) is 10.0 Å². The number of non-ortho nitro benzene ring substituents is 1. The lowest BCUT2D eigenvalue weighted by atomic mass is 9.98. The zero-order valence-electron chi connectivity index (χ0n) is 13.4. The van der Waals surface area contributed by atoms with Crippen LogP contribution in [-0.4, -0.2) is 50.2 Å². The maximum atomic E-state index is 12.8. The van der Waals surface area contributed by atoms with E-state index < -0.39 is 14.9 Å². The first kappa shape index (κ1) is 17.3. The van der Waals surface area contributed by atoms with Crippen molar-refractivity contribution >= 4 is 15.7 Å². The molecule has 8 nitrogen and oxygen atoms in total. The van der Waals surface area contributed by atoms with Crippen molar-refractivity contribution < 1.29 is 22.8 Å². The van der Waals surface area contributed by atoms with E-state index in [9.17, 15) is 18.5 Å². The fraction of sp³-hybridized carbons (Fsp3) is 0.600. The molecule has 0 aliphatic carbocycles. The van der Waals surface area contributed by atoms with Crippen LogP contribution in [0.5, 0.6) is 0 Å². The largest absolute Gasteiger partial charge is 0.350 e. The Morgan fingerprint density at radius 2 is 1.83 bits per heavy atom. The number of sulfonamides is 1. The maximum absolute atomic E-state index is 12.8. The van der Waals surface area contributed by atoms with Crippen LogP contribution in [0, 0.1) is 23.0 Å². The van der Waals surface area contributed by atoms with E-state index in [1.807, 2.05) is 0 Å². The summed E-state index contributed by atoms with van der Waals surface area (Å²) in [6.07, 6.45) is 1.13. The van der Waals surface area contributed by atoms with Crippen molar-refractivity contribution in [1.82, 2.24) is 4.31 Å². The van der Waals surface area contributed by atoms with E-state index in [0.717, 1.165) is 0 Å². The molecule has 3 rings (SSSR count). The summed E-state index contributed by atoms with van der Waals surface area (Å²) in [5.74, 6) is 0.205. The number of nitrogens with zero attached hydrogens (tertiary/aromatic N) is 2. The van der Waals surface area contributed by atoms with E-state index in [1.165, 1.54) is 22.5 Å². The van der Waals surface area contributed by atoms with Crippen molar-refractivity contribution in [2.45, 2.75) is 31.0 Å². The number of aryl methyl sites for hydroxylation is 1. The van der Waals surface area contributed by atoms with Crippen molar-refractivity contribution in [2.24, 2.45) is 5.92 Å². The van der Waals surface area contributed by atoms with Gasteiger partial charge in [-0.15, -0.1) is 0 Å². The minimum atomic E-state index is -3.65. The third-order valence-electron chi connectivity index (χ3n) is 4.52. The topological polar surface area (TPSA) is 99.0 Å². The Morgan fingerprint density at radius 3 is 2.38 bits per heavy atom. The number of benzene rings is 1. The van der Waals surface area contributed by atoms with Gasteiger partial charge in [0.1, 0.15) is 0 Å². The van der Waals surface area contributed by atoms with Crippen LogP contribution < -0.4 is 0 Å². The predicted octanol–water partition coefficient (Wildman–Crippen LogP) is 1.68. The summed E-state index contributed by atoms with van der Waals surface area (Å²) >= 11 is 0. The monoisotopic (exact) mass is 356 g/mol. The molecule has 2 aliphatic rings. The second-order valence-electron chi connectivity index (χ2n) is 6.06. The molecule has 2 aliphatic heterocycles. The fourth-order valence-electron chi connectivity index (χ4n) is 3.21. The summed E-state index contributed by atoms with van der Waals surface area (Å²) < 4.78 is 38.1. The number of ether oxygens (including phenoxy) is 2. The highest BCUT2D eigenvalue weighted by atomic mass is 32.2. The Labute approximate surface area is 140 Å². The van der Waals surface area contributed by atoms with Gasteiger partial charge in [0.15, 0.2) is 6.29 Å². The van der Waals surface area contributed by atoms with Crippen molar-refractivity contribution in [3.05, 3.63) is 33.9 Å². The molecule has 0 bridgehead atoms. The standard InChI is InChI=1S/C15H20N2O6S/c1-11-10-13(17(18)19)2-3-14(11)24(20,21)16-6-4-12(5-7-16)15-22-8-9-23-15/h2-3,10,12,15H,4-9H2,1H3. The molecule has 1 aromatic carbocycles. The van der Waals surface area contributed by atoms with Gasteiger partial charge < -0.3 is 9.47 Å². The van der Waals surface area contributed by atoms with E-state index in [4.69, 9.17) is 9.47 Å². The van der Waals surface area contributed by atoms with Gasteiger partial charge in [-0.2, -0.15) is 4.31 Å². The van der Waals surface area contributed by atoms with Gasteiger partial charge in [-0.3, -0.25) is 10.1 Å². The number of piperidine rings is 1. The van der Waals surface area contributed by atoms with E-state index in [-0.39, 0.29) is 22.8 Å². The number of nitro benzene ring substituents is 1. The predicted molar refractivity (Wildman–Crippen MR) is 85.0 cm³/mol. The lowest BCUT2D eigenvalue weighted by Crippen LogP contribution is -2.41. The average molecular weight is 356 g/mol. The number of hydrogen-bond acceptors (Lipinski definition) is 6. The zero-order chi connectivity index (χ0) is 17.3. The van der Waals surface area contributed by atoms with Gasteiger partial charge >= 0.3 is 0 Å². The van der Waals surface area contributed by atoms with Gasteiger partial charge in [0.05, 0.1) is 23.0 Å². The Morgan fingerprint density at radius 1 is 1.21 bits per heavy atom. The van der Waals surface area contributed by atoms with Gasteiger partial charge in [-0.05, 0) is 31.4 Å².